The molecule has 0 aliphatic carbocycles. The third-order valence-corrected chi connectivity index (χ3v) is 4.94. The molecular formula is C20H20N4O4S. The van der Waals surface area contributed by atoms with Crippen molar-refractivity contribution in [1.29, 1.82) is 0 Å². The Morgan fingerprint density at radius 3 is 2.86 bits per heavy atom. The zero-order valence-electron chi connectivity index (χ0n) is 15.8. The molecule has 2 aliphatic rings. The van der Waals surface area contributed by atoms with Gasteiger partial charge in [-0.25, -0.2) is 0 Å². The van der Waals surface area contributed by atoms with Crippen LogP contribution in [-0.2, 0) is 4.79 Å². The predicted molar refractivity (Wildman–Crippen MR) is 113 cm³/mol. The van der Waals surface area contributed by atoms with Crippen LogP contribution in [0.15, 0.2) is 58.6 Å². The van der Waals surface area contributed by atoms with E-state index in [1.165, 1.54) is 11.8 Å². The molecule has 2 heterocycles. The van der Waals surface area contributed by atoms with E-state index in [-0.39, 0.29) is 18.5 Å². The number of benzene rings is 2. The van der Waals surface area contributed by atoms with E-state index in [0.29, 0.717) is 47.1 Å². The first kappa shape index (κ1) is 19.1. The second kappa shape index (κ2) is 8.87. The molecule has 8 nitrogen and oxygen atoms in total. The van der Waals surface area contributed by atoms with Crippen LogP contribution in [0.3, 0.4) is 0 Å². The maximum atomic E-state index is 12.3. The minimum Gasteiger partial charge on any atom is -0.454 e. The molecule has 29 heavy (non-hydrogen) atoms. The number of carbonyl (C=O) groups excluding carboxylic acids is 1. The third kappa shape index (κ3) is 5.00. The summed E-state index contributed by atoms with van der Waals surface area (Å²) in [6.45, 7) is 3.40. The number of nitrogens with zero attached hydrogens (tertiary/aromatic N) is 3. The number of aliphatic imine (C=N–C) groups is 1. The van der Waals surface area contributed by atoms with E-state index in [1.807, 2.05) is 42.3 Å². The summed E-state index contributed by atoms with van der Waals surface area (Å²) in [6, 6.07) is 14.8. The first-order valence-electron chi connectivity index (χ1n) is 9.16. The van der Waals surface area contributed by atoms with Crippen molar-refractivity contribution in [2.45, 2.75) is 6.92 Å². The first-order chi connectivity index (χ1) is 14.2. The molecular weight excluding hydrogens is 392 g/mol. The molecule has 2 aromatic rings. The topological polar surface area (TPSA) is 84.8 Å². The number of rotatable bonds is 5. The summed E-state index contributed by atoms with van der Waals surface area (Å²) < 4.78 is 16.4. The molecule has 0 bridgehead atoms. The van der Waals surface area contributed by atoms with Gasteiger partial charge in [0.2, 0.25) is 23.8 Å². The van der Waals surface area contributed by atoms with Crippen LogP contribution in [0.5, 0.6) is 17.2 Å². The van der Waals surface area contributed by atoms with E-state index in [1.54, 1.807) is 18.2 Å². The van der Waals surface area contributed by atoms with Crippen LogP contribution in [0.4, 0.5) is 5.69 Å². The van der Waals surface area contributed by atoms with E-state index in [2.05, 4.69) is 15.4 Å². The SMILES string of the molecule is CCN1CC(Oc2ccccc2)=NC(SCC(=O)Nc2ccc3c(c2)OCO3)=N1. The summed E-state index contributed by atoms with van der Waals surface area (Å²) in [5.41, 5.74) is 0.650. The molecule has 150 valence electrons. The molecule has 0 saturated carbocycles. The summed E-state index contributed by atoms with van der Waals surface area (Å²) in [5.74, 6) is 2.58. The van der Waals surface area contributed by atoms with Gasteiger partial charge in [0, 0.05) is 18.3 Å². The van der Waals surface area contributed by atoms with Crippen LogP contribution in [0.25, 0.3) is 0 Å². The van der Waals surface area contributed by atoms with Crippen molar-refractivity contribution in [3.8, 4) is 17.2 Å². The van der Waals surface area contributed by atoms with E-state index in [4.69, 9.17) is 14.2 Å². The van der Waals surface area contributed by atoms with Crippen LogP contribution in [0, 0.1) is 0 Å². The highest BCUT2D eigenvalue weighted by molar-refractivity contribution is 8.14. The summed E-state index contributed by atoms with van der Waals surface area (Å²) >= 11 is 1.26. The Morgan fingerprint density at radius 2 is 2.03 bits per heavy atom. The molecule has 0 atom stereocenters. The molecule has 0 unspecified atom stereocenters. The van der Waals surface area contributed by atoms with Crippen LogP contribution >= 0.6 is 11.8 Å². The van der Waals surface area contributed by atoms with Gasteiger partial charge in [-0.1, -0.05) is 30.0 Å². The zero-order valence-corrected chi connectivity index (χ0v) is 16.6. The van der Waals surface area contributed by atoms with Gasteiger partial charge in [0.05, 0.1) is 5.75 Å². The van der Waals surface area contributed by atoms with Gasteiger partial charge in [0.1, 0.15) is 12.3 Å². The lowest BCUT2D eigenvalue weighted by molar-refractivity contribution is -0.113. The van der Waals surface area contributed by atoms with Crippen molar-refractivity contribution < 1.29 is 19.0 Å². The molecule has 1 amide bonds. The molecule has 0 aromatic heterocycles. The highest BCUT2D eigenvalue weighted by atomic mass is 32.2. The molecule has 2 aliphatic heterocycles. The van der Waals surface area contributed by atoms with Crippen molar-refractivity contribution in [3.05, 3.63) is 48.5 Å². The van der Waals surface area contributed by atoms with Crippen molar-refractivity contribution in [2.24, 2.45) is 10.1 Å². The lowest BCUT2D eigenvalue weighted by atomic mass is 10.3. The zero-order chi connectivity index (χ0) is 20.1. The Morgan fingerprint density at radius 1 is 1.21 bits per heavy atom. The monoisotopic (exact) mass is 412 g/mol. The number of hydrogen-bond donors (Lipinski definition) is 1. The Bertz CT molecular complexity index is 949. The van der Waals surface area contributed by atoms with Crippen molar-refractivity contribution in [3.63, 3.8) is 0 Å². The summed E-state index contributed by atoms with van der Waals surface area (Å²) in [6.07, 6.45) is 0. The lowest BCUT2D eigenvalue weighted by Crippen LogP contribution is -2.33. The van der Waals surface area contributed by atoms with E-state index < -0.39 is 0 Å². The van der Waals surface area contributed by atoms with E-state index >= 15 is 0 Å². The Labute approximate surface area is 172 Å². The molecule has 4 rings (SSSR count). The van der Waals surface area contributed by atoms with Gasteiger partial charge in [-0.2, -0.15) is 4.99 Å². The third-order valence-electron chi connectivity index (χ3n) is 4.10. The average molecular weight is 412 g/mol. The van der Waals surface area contributed by atoms with Gasteiger partial charge in [-0.15, -0.1) is 5.10 Å². The van der Waals surface area contributed by atoms with Crippen molar-refractivity contribution >= 4 is 34.4 Å². The van der Waals surface area contributed by atoms with E-state index in [9.17, 15) is 4.79 Å². The number of hydrazone groups is 1. The molecule has 0 saturated heterocycles. The number of carbonyl (C=O) groups is 1. The number of thioether (sulfide) groups is 1. The second-order valence-electron chi connectivity index (χ2n) is 6.19. The standard InChI is InChI=1S/C20H20N4O4S/c1-2-24-11-19(28-15-6-4-3-5-7-15)22-20(23-24)29-12-18(25)21-14-8-9-16-17(10-14)27-13-26-16/h3-10H,2,11-13H2,1H3,(H,21,25). The Hall–Kier alpha value is -3.20. The number of amidine groups is 1. The fourth-order valence-electron chi connectivity index (χ4n) is 2.70. The second-order valence-corrected chi connectivity index (χ2v) is 7.13. The smallest absolute Gasteiger partial charge is 0.234 e. The molecule has 1 N–H and O–H groups in total. The number of nitrogens with one attached hydrogen (secondary N) is 1. The van der Waals surface area contributed by atoms with Gasteiger partial charge in [0.15, 0.2) is 11.5 Å². The van der Waals surface area contributed by atoms with Gasteiger partial charge >= 0.3 is 0 Å². The molecule has 2 aromatic carbocycles. The van der Waals surface area contributed by atoms with Crippen LogP contribution in [0.1, 0.15) is 6.92 Å². The molecule has 0 spiro atoms. The van der Waals surface area contributed by atoms with E-state index in [0.717, 1.165) is 0 Å². The highest BCUT2D eigenvalue weighted by Crippen LogP contribution is 2.34. The fraction of sp³-hybridized carbons (Fsp3) is 0.250. The Balaban J connectivity index is 1.35. The average Bonchev–Trinajstić information content (AvgIpc) is 3.21. The predicted octanol–water partition coefficient (Wildman–Crippen LogP) is 3.17. The maximum Gasteiger partial charge on any atom is 0.234 e. The number of anilines is 1. The molecule has 9 heteroatoms. The van der Waals surface area contributed by atoms with Crippen LogP contribution in [0.2, 0.25) is 0 Å². The van der Waals surface area contributed by atoms with Gasteiger partial charge < -0.3 is 19.5 Å². The summed E-state index contributed by atoms with van der Waals surface area (Å²) in [7, 11) is 0. The maximum absolute atomic E-state index is 12.3. The van der Waals surface area contributed by atoms with Crippen LogP contribution < -0.4 is 19.5 Å². The number of amides is 1. The largest absolute Gasteiger partial charge is 0.454 e. The van der Waals surface area contributed by atoms with Crippen molar-refractivity contribution in [1.82, 2.24) is 5.01 Å². The normalized spacial score (nSPS) is 14.9. The summed E-state index contributed by atoms with van der Waals surface area (Å²) in [4.78, 5) is 16.8. The summed E-state index contributed by atoms with van der Waals surface area (Å²) in [5, 5.41) is 9.63. The Kier molecular flexibility index (Phi) is 5.85. The number of fused-ring (bicyclic) bond motifs is 1. The fourth-order valence-corrected chi connectivity index (χ4v) is 3.37. The van der Waals surface area contributed by atoms with Gasteiger partial charge in [0.25, 0.3) is 0 Å². The molecule has 0 fully saturated rings. The number of para-hydroxylation sites is 1. The lowest BCUT2D eigenvalue weighted by Gasteiger charge is -2.23. The number of ether oxygens (including phenoxy) is 3. The highest BCUT2D eigenvalue weighted by Gasteiger charge is 2.18. The minimum atomic E-state index is -0.161. The number of hydrogen-bond acceptors (Lipinski definition) is 8. The number of likely N-dealkylation sites (N-methyl/N-ethyl adjacent to an activating group) is 1. The van der Waals surface area contributed by atoms with Gasteiger partial charge in [-0.05, 0) is 31.2 Å². The van der Waals surface area contributed by atoms with Crippen LogP contribution in [-0.4, -0.2) is 47.6 Å². The molecule has 0 radical (unpaired) electrons. The van der Waals surface area contributed by atoms with Crippen molar-refractivity contribution in [2.75, 3.05) is 31.0 Å². The quantitative estimate of drug-likeness (QED) is 0.812. The van der Waals surface area contributed by atoms with Gasteiger partial charge in [-0.3, -0.25) is 9.80 Å². The minimum absolute atomic E-state index is 0.161. The first-order valence-corrected chi connectivity index (χ1v) is 10.1.